The Bertz CT molecular complexity index is 1150. The second-order valence-electron chi connectivity index (χ2n) is 8.17. The number of pyridine rings is 2. The molecule has 1 saturated heterocycles. The number of aryl methyl sites for hydroxylation is 3. The molecule has 0 bridgehead atoms. The Kier molecular flexibility index (Phi) is 5.53. The van der Waals surface area contributed by atoms with Crippen LogP contribution in [0.15, 0.2) is 59.5 Å². The first-order chi connectivity index (χ1) is 14.4. The molecule has 154 valence electrons. The lowest BCUT2D eigenvalue weighted by atomic mass is 9.98. The first-order valence-electron chi connectivity index (χ1n) is 10.4. The van der Waals surface area contributed by atoms with Gasteiger partial charge in [0.2, 0.25) is 5.56 Å². The summed E-state index contributed by atoms with van der Waals surface area (Å²) in [6.45, 7) is 4.85. The molecule has 30 heavy (non-hydrogen) atoms. The molecule has 1 aliphatic heterocycles. The maximum atomic E-state index is 13.2. The minimum Gasteiger partial charge on any atom is -0.330 e. The summed E-state index contributed by atoms with van der Waals surface area (Å²) in [7, 11) is 1.67. The maximum Gasteiger partial charge on any atom is 0.255 e. The van der Waals surface area contributed by atoms with Crippen LogP contribution in [0.4, 0.5) is 0 Å². The van der Waals surface area contributed by atoms with E-state index in [9.17, 15) is 9.59 Å². The first kappa shape index (κ1) is 20.1. The number of rotatable bonds is 4. The lowest BCUT2D eigenvalue weighted by molar-refractivity contribution is 0.0732. The van der Waals surface area contributed by atoms with Gasteiger partial charge < -0.3 is 9.47 Å². The molecule has 1 atom stereocenters. The number of carbonyl (C=O) groups excluding carboxylic acids is 1. The summed E-state index contributed by atoms with van der Waals surface area (Å²) in [6, 6.07) is 15.7. The van der Waals surface area contributed by atoms with Crippen molar-refractivity contribution in [2.45, 2.75) is 39.2 Å². The third kappa shape index (κ3) is 4.06. The monoisotopic (exact) mass is 401 g/mol. The molecule has 1 fully saturated rings. The molecular formula is C25H27N3O2. The van der Waals surface area contributed by atoms with Crippen molar-refractivity contribution < 1.29 is 4.79 Å². The summed E-state index contributed by atoms with van der Waals surface area (Å²) in [4.78, 5) is 31.6. The second kappa shape index (κ2) is 8.27. The minimum absolute atomic E-state index is 0.0368. The molecule has 0 N–H and O–H groups in total. The van der Waals surface area contributed by atoms with E-state index in [0.29, 0.717) is 12.1 Å². The molecule has 0 saturated carbocycles. The van der Waals surface area contributed by atoms with Gasteiger partial charge in [-0.15, -0.1) is 0 Å². The van der Waals surface area contributed by atoms with Crippen molar-refractivity contribution in [3.63, 3.8) is 0 Å². The zero-order valence-corrected chi connectivity index (χ0v) is 17.8. The number of nitrogens with zero attached hydrogens (tertiary/aromatic N) is 3. The Balaban J connectivity index is 1.63. The average molecular weight is 402 g/mol. The fourth-order valence-corrected chi connectivity index (χ4v) is 4.27. The number of benzene rings is 1. The van der Waals surface area contributed by atoms with E-state index in [2.05, 4.69) is 43.3 Å². The van der Waals surface area contributed by atoms with Gasteiger partial charge in [-0.3, -0.25) is 14.6 Å². The molecule has 4 rings (SSSR count). The van der Waals surface area contributed by atoms with Crippen LogP contribution in [0.25, 0.3) is 0 Å². The van der Waals surface area contributed by atoms with Gasteiger partial charge in [-0.2, -0.15) is 0 Å². The van der Waals surface area contributed by atoms with Gasteiger partial charge in [-0.05, 0) is 68.0 Å². The summed E-state index contributed by atoms with van der Waals surface area (Å²) < 4.78 is 1.45. The quantitative estimate of drug-likeness (QED) is 0.665. The fourth-order valence-electron chi connectivity index (χ4n) is 4.27. The van der Waals surface area contributed by atoms with Gasteiger partial charge in [-0.1, -0.05) is 24.3 Å². The number of hydrogen-bond donors (Lipinski definition) is 0. The third-order valence-electron chi connectivity index (χ3n) is 5.88. The molecule has 0 spiro atoms. The summed E-state index contributed by atoms with van der Waals surface area (Å²) in [5, 5.41) is 0. The van der Waals surface area contributed by atoms with Crippen molar-refractivity contribution in [3.05, 3.63) is 98.7 Å². The topological polar surface area (TPSA) is 55.2 Å². The van der Waals surface area contributed by atoms with Crippen LogP contribution in [0.1, 0.15) is 57.3 Å². The van der Waals surface area contributed by atoms with E-state index in [4.69, 9.17) is 4.98 Å². The van der Waals surface area contributed by atoms with Gasteiger partial charge in [0.1, 0.15) is 0 Å². The SMILES string of the molecule is Cc1cc(Cc2ccccc2C)cc([C@H]2CCCN2C(=O)c2ccc(=O)n(C)c2)n1. The number of likely N-dealkylation sites (tertiary alicyclic amines) is 1. The molecule has 0 aliphatic carbocycles. The van der Waals surface area contributed by atoms with Crippen molar-refractivity contribution in [2.24, 2.45) is 7.05 Å². The van der Waals surface area contributed by atoms with Crippen LogP contribution in [0.2, 0.25) is 0 Å². The van der Waals surface area contributed by atoms with E-state index in [1.165, 1.54) is 27.3 Å². The van der Waals surface area contributed by atoms with Gasteiger partial charge in [-0.25, -0.2) is 0 Å². The van der Waals surface area contributed by atoms with Gasteiger partial charge in [0, 0.05) is 31.5 Å². The Morgan fingerprint density at radius 1 is 1.13 bits per heavy atom. The molecule has 2 aromatic heterocycles. The predicted octanol–water partition coefficient (Wildman–Crippen LogP) is 3.97. The molecule has 3 heterocycles. The normalized spacial score (nSPS) is 16.1. The molecule has 3 aromatic rings. The van der Waals surface area contributed by atoms with Gasteiger partial charge in [0.25, 0.3) is 5.91 Å². The Morgan fingerprint density at radius 2 is 1.93 bits per heavy atom. The van der Waals surface area contributed by atoms with E-state index in [-0.39, 0.29) is 17.5 Å². The van der Waals surface area contributed by atoms with Crippen LogP contribution in [0.3, 0.4) is 0 Å². The number of amides is 1. The van der Waals surface area contributed by atoms with Crippen LogP contribution >= 0.6 is 0 Å². The highest BCUT2D eigenvalue weighted by atomic mass is 16.2. The predicted molar refractivity (Wildman–Crippen MR) is 118 cm³/mol. The molecule has 1 aliphatic rings. The van der Waals surface area contributed by atoms with Crippen molar-refractivity contribution in [1.82, 2.24) is 14.5 Å². The maximum absolute atomic E-state index is 13.2. The molecular weight excluding hydrogens is 374 g/mol. The van der Waals surface area contributed by atoms with Gasteiger partial charge >= 0.3 is 0 Å². The Morgan fingerprint density at radius 3 is 2.70 bits per heavy atom. The van der Waals surface area contributed by atoms with E-state index in [1.807, 2.05) is 11.8 Å². The molecule has 5 heteroatoms. The summed E-state index contributed by atoms with van der Waals surface area (Å²) >= 11 is 0. The zero-order chi connectivity index (χ0) is 21.3. The van der Waals surface area contributed by atoms with Crippen LogP contribution in [-0.2, 0) is 13.5 Å². The van der Waals surface area contributed by atoms with E-state index in [0.717, 1.165) is 30.7 Å². The molecule has 1 amide bonds. The van der Waals surface area contributed by atoms with Crippen molar-refractivity contribution >= 4 is 5.91 Å². The highest BCUT2D eigenvalue weighted by Gasteiger charge is 2.32. The van der Waals surface area contributed by atoms with Crippen LogP contribution in [0.5, 0.6) is 0 Å². The third-order valence-corrected chi connectivity index (χ3v) is 5.88. The Labute approximate surface area is 177 Å². The molecule has 0 radical (unpaired) electrons. The van der Waals surface area contributed by atoms with E-state index in [1.54, 1.807) is 19.3 Å². The molecule has 0 unspecified atom stereocenters. The van der Waals surface area contributed by atoms with Gasteiger partial charge in [0.05, 0.1) is 17.3 Å². The van der Waals surface area contributed by atoms with E-state index >= 15 is 0 Å². The van der Waals surface area contributed by atoms with Crippen molar-refractivity contribution in [2.75, 3.05) is 6.54 Å². The molecule has 5 nitrogen and oxygen atoms in total. The zero-order valence-electron chi connectivity index (χ0n) is 17.8. The van der Waals surface area contributed by atoms with Crippen LogP contribution in [0, 0.1) is 13.8 Å². The van der Waals surface area contributed by atoms with Crippen molar-refractivity contribution in [3.8, 4) is 0 Å². The van der Waals surface area contributed by atoms with Crippen LogP contribution < -0.4 is 5.56 Å². The largest absolute Gasteiger partial charge is 0.330 e. The minimum atomic E-state index is -0.120. The molecule has 1 aromatic carbocycles. The van der Waals surface area contributed by atoms with E-state index < -0.39 is 0 Å². The number of aromatic nitrogens is 2. The van der Waals surface area contributed by atoms with Crippen LogP contribution in [-0.4, -0.2) is 26.9 Å². The average Bonchev–Trinajstić information content (AvgIpc) is 3.21. The number of carbonyl (C=O) groups is 1. The lowest BCUT2D eigenvalue weighted by Gasteiger charge is -2.25. The summed E-state index contributed by atoms with van der Waals surface area (Å²) in [5.74, 6) is -0.0446. The highest BCUT2D eigenvalue weighted by molar-refractivity contribution is 5.94. The highest BCUT2D eigenvalue weighted by Crippen LogP contribution is 2.33. The summed E-state index contributed by atoms with van der Waals surface area (Å²) in [6.07, 6.45) is 4.32. The van der Waals surface area contributed by atoms with Gasteiger partial charge in [0.15, 0.2) is 0 Å². The lowest BCUT2D eigenvalue weighted by Crippen LogP contribution is -2.32. The Hall–Kier alpha value is -3.21. The van der Waals surface area contributed by atoms with Crippen molar-refractivity contribution in [1.29, 1.82) is 0 Å². The smallest absolute Gasteiger partial charge is 0.255 e. The fraction of sp³-hybridized carbons (Fsp3) is 0.320. The second-order valence-corrected chi connectivity index (χ2v) is 8.17. The number of hydrogen-bond acceptors (Lipinski definition) is 3. The standard InChI is InChI=1S/C25H27N3O2/c1-17-7-4-5-8-20(17)14-19-13-18(2)26-22(15-19)23-9-6-12-28(23)25(30)21-10-11-24(29)27(3)16-21/h4-5,7-8,10-11,13,15-16,23H,6,9,12,14H2,1-3H3/t23-/m1/s1. The first-order valence-corrected chi connectivity index (χ1v) is 10.4. The summed E-state index contributed by atoms with van der Waals surface area (Å²) in [5.41, 5.74) is 6.14.